The van der Waals surface area contributed by atoms with E-state index in [0.29, 0.717) is 5.56 Å². The molecule has 0 aromatic heterocycles. The third-order valence-electron chi connectivity index (χ3n) is 5.49. The fraction of sp³-hybridized carbons (Fsp3) is 0.368. The lowest BCUT2D eigenvalue weighted by Gasteiger charge is -2.22. The van der Waals surface area contributed by atoms with Gasteiger partial charge in [-0.3, -0.25) is 0 Å². The lowest BCUT2D eigenvalue weighted by atomic mass is 9.90. The Kier molecular flexibility index (Phi) is 4.39. The number of aromatic hydroxyl groups is 6. The number of methoxy groups -OCH3 is 1. The molecule has 0 saturated heterocycles. The summed E-state index contributed by atoms with van der Waals surface area (Å²) < 4.78 is 16.3. The number of fused-ring (bicyclic) bond motifs is 2. The topological polar surface area (TPSA) is 169 Å². The van der Waals surface area contributed by atoms with Gasteiger partial charge >= 0.3 is 0 Å². The number of aliphatic hydroxyl groups is 1. The van der Waals surface area contributed by atoms with Crippen LogP contribution in [0.4, 0.5) is 0 Å². The number of aliphatic hydroxyl groups excluding tert-OH is 1. The largest absolute Gasteiger partial charge is 0.504 e. The molecule has 2 aliphatic rings. The predicted molar refractivity (Wildman–Crippen MR) is 94.6 cm³/mol. The molecule has 10 nitrogen and oxygen atoms in total. The second kappa shape index (κ2) is 6.56. The van der Waals surface area contributed by atoms with Crippen LogP contribution in [0.3, 0.4) is 0 Å². The van der Waals surface area contributed by atoms with Gasteiger partial charge in [0.05, 0.1) is 13.2 Å². The summed E-state index contributed by atoms with van der Waals surface area (Å²) in [5.41, 5.74) is 0.856. The van der Waals surface area contributed by atoms with E-state index in [1.54, 1.807) is 0 Å². The van der Waals surface area contributed by atoms with E-state index < -0.39 is 53.0 Å². The Morgan fingerprint density at radius 2 is 1.45 bits per heavy atom. The molecular formula is C19H20O10. The maximum absolute atomic E-state index is 10.5. The van der Waals surface area contributed by atoms with Crippen LogP contribution in [-0.4, -0.2) is 42.9 Å². The maximum atomic E-state index is 10.5. The number of hydrogen-bond acceptors (Lipinski definition) is 10. The van der Waals surface area contributed by atoms with E-state index in [0.717, 1.165) is 0 Å². The Labute approximate surface area is 164 Å². The lowest BCUT2D eigenvalue weighted by Crippen LogP contribution is -2.11. The molecule has 0 aliphatic carbocycles. The number of phenols is 6. The first kappa shape index (κ1) is 19.4. The molecular weight excluding hydrogens is 388 g/mol. The molecule has 7 N–H and O–H groups in total. The average Bonchev–Trinajstić information content (AvgIpc) is 3.27. The minimum absolute atomic E-state index is 0.0107. The first-order valence-corrected chi connectivity index (χ1v) is 8.70. The van der Waals surface area contributed by atoms with Gasteiger partial charge in [-0.1, -0.05) is 0 Å². The van der Waals surface area contributed by atoms with Gasteiger partial charge in [0.15, 0.2) is 29.3 Å². The lowest BCUT2D eigenvalue weighted by molar-refractivity contribution is -0.161. The molecule has 0 unspecified atom stereocenters. The molecule has 0 radical (unpaired) electrons. The van der Waals surface area contributed by atoms with Crippen LogP contribution >= 0.6 is 0 Å². The van der Waals surface area contributed by atoms with Crippen LogP contribution in [0.25, 0.3) is 0 Å². The zero-order chi connectivity index (χ0) is 21.2. The quantitative estimate of drug-likeness (QED) is 0.371. The van der Waals surface area contributed by atoms with Crippen LogP contribution in [0, 0.1) is 6.92 Å². The van der Waals surface area contributed by atoms with Crippen molar-refractivity contribution in [1.82, 2.24) is 0 Å². The van der Waals surface area contributed by atoms with E-state index in [4.69, 9.17) is 14.2 Å². The number of rotatable bonds is 3. The molecule has 2 aliphatic heterocycles. The van der Waals surface area contributed by atoms with E-state index in [-0.39, 0.29) is 41.0 Å². The van der Waals surface area contributed by atoms with Crippen LogP contribution in [0.15, 0.2) is 0 Å². The van der Waals surface area contributed by atoms with Gasteiger partial charge in [0, 0.05) is 34.9 Å². The molecule has 0 fully saturated rings. The summed E-state index contributed by atoms with van der Waals surface area (Å²) in [4.78, 5) is 0. The Bertz CT molecular complexity index is 1020. The van der Waals surface area contributed by atoms with Gasteiger partial charge in [0.1, 0.15) is 12.2 Å². The SMILES string of the molecule is COCc1c(O)c(O)c(O)c2c1CO[C@H]2[C@H]1O[C@@H](O)c2c(C)c(O)c(O)c(O)c21. The van der Waals surface area contributed by atoms with Crippen molar-refractivity contribution in [2.24, 2.45) is 0 Å². The molecule has 0 amide bonds. The maximum Gasteiger partial charge on any atom is 0.201 e. The second-order valence-corrected chi connectivity index (χ2v) is 6.99. The highest BCUT2D eigenvalue weighted by Gasteiger charge is 2.47. The van der Waals surface area contributed by atoms with Crippen LogP contribution in [-0.2, 0) is 27.4 Å². The molecule has 0 bridgehead atoms. The van der Waals surface area contributed by atoms with E-state index in [1.165, 1.54) is 14.0 Å². The van der Waals surface area contributed by atoms with Gasteiger partial charge in [0.25, 0.3) is 0 Å². The van der Waals surface area contributed by atoms with Crippen molar-refractivity contribution in [3.8, 4) is 34.5 Å². The minimum Gasteiger partial charge on any atom is -0.504 e. The normalized spacial score (nSPS) is 22.7. The van der Waals surface area contributed by atoms with Gasteiger partial charge < -0.3 is 50.0 Å². The summed E-state index contributed by atoms with van der Waals surface area (Å²) in [6.45, 7) is 1.29. The van der Waals surface area contributed by atoms with E-state index in [1.807, 2.05) is 0 Å². The Balaban J connectivity index is 1.91. The highest BCUT2D eigenvalue weighted by molar-refractivity contribution is 5.66. The minimum atomic E-state index is -1.54. The smallest absolute Gasteiger partial charge is 0.201 e. The number of phenolic OH excluding ortho intramolecular Hbond substituents is 6. The second-order valence-electron chi connectivity index (χ2n) is 6.99. The molecule has 2 aromatic rings. The molecule has 3 atom stereocenters. The van der Waals surface area contributed by atoms with E-state index in [2.05, 4.69) is 0 Å². The Hall–Kier alpha value is -2.92. The van der Waals surface area contributed by atoms with Crippen molar-refractivity contribution >= 4 is 0 Å². The van der Waals surface area contributed by atoms with Crippen LogP contribution in [0.5, 0.6) is 34.5 Å². The molecule has 4 rings (SSSR count). The average molecular weight is 408 g/mol. The molecule has 156 valence electrons. The highest BCUT2D eigenvalue weighted by Crippen LogP contribution is 2.60. The fourth-order valence-corrected chi connectivity index (χ4v) is 4.08. The number of benzene rings is 2. The third kappa shape index (κ3) is 2.50. The van der Waals surface area contributed by atoms with Crippen molar-refractivity contribution in [3.05, 3.63) is 33.4 Å². The van der Waals surface area contributed by atoms with Crippen LogP contribution < -0.4 is 0 Å². The molecule has 10 heteroatoms. The monoisotopic (exact) mass is 408 g/mol. The Morgan fingerprint density at radius 3 is 2.10 bits per heavy atom. The molecule has 2 aromatic carbocycles. The molecule has 0 spiro atoms. The summed E-state index contributed by atoms with van der Waals surface area (Å²) in [6, 6.07) is 0. The van der Waals surface area contributed by atoms with Crippen molar-refractivity contribution in [2.75, 3.05) is 7.11 Å². The summed E-state index contributed by atoms with van der Waals surface area (Å²) in [5, 5.41) is 71.5. The van der Waals surface area contributed by atoms with Crippen molar-refractivity contribution < 1.29 is 50.0 Å². The number of hydrogen-bond donors (Lipinski definition) is 7. The number of ether oxygens (including phenoxy) is 3. The van der Waals surface area contributed by atoms with Gasteiger partial charge in [-0.05, 0) is 12.5 Å². The first-order valence-electron chi connectivity index (χ1n) is 8.70. The summed E-state index contributed by atoms with van der Waals surface area (Å²) in [5.74, 6) is -4.00. The highest BCUT2D eigenvalue weighted by atomic mass is 16.6. The summed E-state index contributed by atoms with van der Waals surface area (Å²) >= 11 is 0. The Morgan fingerprint density at radius 1 is 0.828 bits per heavy atom. The van der Waals surface area contributed by atoms with Crippen LogP contribution in [0.2, 0.25) is 0 Å². The van der Waals surface area contributed by atoms with E-state index >= 15 is 0 Å². The molecule has 0 saturated carbocycles. The zero-order valence-corrected chi connectivity index (χ0v) is 15.5. The predicted octanol–water partition coefficient (Wildman–Crippen LogP) is 1.71. The zero-order valence-electron chi connectivity index (χ0n) is 15.5. The summed E-state index contributed by atoms with van der Waals surface area (Å²) in [7, 11) is 1.39. The van der Waals surface area contributed by atoms with Crippen LogP contribution in [0.1, 0.15) is 51.9 Å². The van der Waals surface area contributed by atoms with Crippen molar-refractivity contribution in [3.63, 3.8) is 0 Å². The standard InChI is InChI=1S/C19H20O10/c1-5-8-10(14(23)15(24)11(5)20)18(29-19(8)26)17-9-6(4-28-17)7(3-27-2)12(21)16(25)13(9)22/h17-26H,3-4H2,1-2H3/t17-,18+,19-/m1/s1. The molecule has 29 heavy (non-hydrogen) atoms. The first-order chi connectivity index (χ1) is 13.7. The van der Waals surface area contributed by atoms with Gasteiger partial charge in [0.2, 0.25) is 11.5 Å². The summed E-state index contributed by atoms with van der Waals surface area (Å²) in [6.07, 6.45) is -3.82. The fourth-order valence-electron chi connectivity index (χ4n) is 4.08. The van der Waals surface area contributed by atoms with Crippen molar-refractivity contribution in [1.29, 1.82) is 0 Å². The van der Waals surface area contributed by atoms with Crippen molar-refractivity contribution in [2.45, 2.75) is 38.6 Å². The van der Waals surface area contributed by atoms with E-state index in [9.17, 15) is 35.7 Å². The molecule has 2 heterocycles. The van der Waals surface area contributed by atoms with Gasteiger partial charge in [-0.2, -0.15) is 0 Å². The van der Waals surface area contributed by atoms with Gasteiger partial charge in [-0.25, -0.2) is 0 Å². The van der Waals surface area contributed by atoms with Gasteiger partial charge in [-0.15, -0.1) is 0 Å². The third-order valence-corrected chi connectivity index (χ3v) is 5.49.